The Morgan fingerprint density at radius 2 is 2.07 bits per heavy atom. The maximum absolute atomic E-state index is 12.7. The predicted molar refractivity (Wildman–Crippen MR) is 109 cm³/mol. The molecule has 6 nitrogen and oxygen atoms in total. The summed E-state index contributed by atoms with van der Waals surface area (Å²) in [7, 11) is 0. The van der Waals surface area contributed by atoms with Gasteiger partial charge in [0.15, 0.2) is 0 Å². The number of ether oxygens (including phenoxy) is 1. The molecular formula is C20H31N3O3S. The van der Waals surface area contributed by atoms with Crippen LogP contribution >= 0.6 is 11.3 Å². The van der Waals surface area contributed by atoms with Crippen molar-refractivity contribution in [2.75, 3.05) is 26.3 Å². The molecule has 2 heterocycles. The summed E-state index contributed by atoms with van der Waals surface area (Å²) in [6, 6.07) is 0. The van der Waals surface area contributed by atoms with E-state index in [2.05, 4.69) is 23.7 Å². The third-order valence-corrected chi connectivity index (χ3v) is 6.11. The first-order valence-corrected chi connectivity index (χ1v) is 10.8. The number of aliphatic hydroxyl groups is 1. The summed E-state index contributed by atoms with van der Waals surface area (Å²) in [6.45, 7) is 8.98. The van der Waals surface area contributed by atoms with Gasteiger partial charge in [-0.2, -0.15) is 0 Å². The van der Waals surface area contributed by atoms with Crippen molar-refractivity contribution in [3.8, 4) is 0 Å². The average molecular weight is 394 g/mol. The maximum Gasteiger partial charge on any atom is 0.259 e. The molecule has 0 saturated heterocycles. The van der Waals surface area contributed by atoms with Crippen molar-refractivity contribution in [3.05, 3.63) is 26.6 Å². The van der Waals surface area contributed by atoms with Crippen molar-refractivity contribution in [2.45, 2.75) is 59.1 Å². The van der Waals surface area contributed by atoms with Gasteiger partial charge in [-0.1, -0.05) is 20.8 Å². The van der Waals surface area contributed by atoms with Crippen molar-refractivity contribution in [3.63, 3.8) is 0 Å². The molecular weight excluding hydrogens is 362 g/mol. The van der Waals surface area contributed by atoms with E-state index in [9.17, 15) is 9.90 Å². The number of aromatic nitrogens is 2. The number of nitrogens with one attached hydrogen (secondary N) is 1. The molecule has 3 rings (SSSR count). The van der Waals surface area contributed by atoms with Crippen molar-refractivity contribution in [1.82, 2.24) is 14.9 Å². The summed E-state index contributed by atoms with van der Waals surface area (Å²) in [4.78, 5) is 24.6. The number of likely N-dealkylation sites (N-methyl/N-ethyl adjacent to an activating group) is 1. The number of hydrogen-bond donors (Lipinski definition) is 2. The quantitative estimate of drug-likeness (QED) is 0.685. The van der Waals surface area contributed by atoms with Gasteiger partial charge in [-0.05, 0) is 43.7 Å². The third-order valence-electron chi connectivity index (χ3n) is 4.93. The van der Waals surface area contributed by atoms with Crippen LogP contribution in [-0.4, -0.2) is 52.4 Å². The van der Waals surface area contributed by atoms with Crippen LogP contribution in [0.4, 0.5) is 0 Å². The van der Waals surface area contributed by atoms with Crippen LogP contribution in [0.25, 0.3) is 10.2 Å². The molecule has 0 bridgehead atoms. The van der Waals surface area contributed by atoms with Crippen LogP contribution in [0.2, 0.25) is 0 Å². The Morgan fingerprint density at radius 1 is 1.30 bits per heavy atom. The van der Waals surface area contributed by atoms with E-state index in [1.54, 1.807) is 11.3 Å². The lowest BCUT2D eigenvalue weighted by Gasteiger charge is -2.23. The number of hydrogen-bond acceptors (Lipinski definition) is 6. The molecule has 0 aromatic carbocycles. The van der Waals surface area contributed by atoms with Crippen LogP contribution < -0.4 is 5.56 Å². The standard InChI is InChI=1S/C20H31N3O3S/c1-4-23(9-14(24)12-26-11-13(2)3)10-17-21-19(25)18-15-7-5-6-8-16(15)27-20(18)22-17/h13-14,24H,4-12H2,1-3H3,(H,21,22,25)/t14-/m0/s1. The normalized spacial score (nSPS) is 15.6. The minimum Gasteiger partial charge on any atom is -0.389 e. The molecule has 0 amide bonds. The predicted octanol–water partition coefficient (Wildman–Crippen LogP) is 2.72. The SMILES string of the molecule is CCN(Cc1nc2sc3c(c2c(=O)[nH]1)CCCC3)C[C@H](O)COCC(C)C. The summed E-state index contributed by atoms with van der Waals surface area (Å²) in [5.74, 6) is 1.13. The summed E-state index contributed by atoms with van der Waals surface area (Å²) < 4.78 is 5.53. The van der Waals surface area contributed by atoms with Crippen molar-refractivity contribution >= 4 is 21.6 Å². The largest absolute Gasteiger partial charge is 0.389 e. The Bertz CT molecular complexity index is 815. The van der Waals surface area contributed by atoms with Crippen LogP contribution in [0.1, 0.15) is 49.9 Å². The fourth-order valence-corrected chi connectivity index (χ4v) is 4.87. The molecule has 0 radical (unpaired) electrons. The van der Waals surface area contributed by atoms with Gasteiger partial charge in [-0.15, -0.1) is 11.3 Å². The van der Waals surface area contributed by atoms with E-state index in [4.69, 9.17) is 9.72 Å². The van der Waals surface area contributed by atoms with Crippen LogP contribution in [0, 0.1) is 5.92 Å². The second kappa shape index (κ2) is 9.28. The minimum atomic E-state index is -0.548. The second-order valence-electron chi connectivity index (χ2n) is 7.82. The fraction of sp³-hybridized carbons (Fsp3) is 0.700. The topological polar surface area (TPSA) is 78.5 Å². The summed E-state index contributed by atoms with van der Waals surface area (Å²) >= 11 is 1.67. The molecule has 2 aromatic rings. The van der Waals surface area contributed by atoms with Crippen LogP contribution in [0.15, 0.2) is 4.79 Å². The number of aliphatic hydroxyl groups excluding tert-OH is 1. The summed E-state index contributed by atoms with van der Waals surface area (Å²) in [6.07, 6.45) is 3.86. The number of aryl methyl sites for hydroxylation is 2. The molecule has 0 aliphatic heterocycles. The molecule has 0 saturated carbocycles. The first kappa shape index (κ1) is 20.5. The van der Waals surface area contributed by atoms with Gasteiger partial charge in [0.1, 0.15) is 10.7 Å². The first-order chi connectivity index (χ1) is 13.0. The molecule has 27 heavy (non-hydrogen) atoms. The number of H-pyrrole nitrogens is 1. The number of thiophene rings is 1. The van der Waals surface area contributed by atoms with Crippen molar-refractivity contribution in [2.24, 2.45) is 5.92 Å². The highest BCUT2D eigenvalue weighted by molar-refractivity contribution is 7.18. The van der Waals surface area contributed by atoms with Crippen molar-refractivity contribution in [1.29, 1.82) is 0 Å². The van der Waals surface area contributed by atoms with E-state index in [1.165, 1.54) is 16.9 Å². The van der Waals surface area contributed by atoms with E-state index in [0.29, 0.717) is 38.0 Å². The highest BCUT2D eigenvalue weighted by Gasteiger charge is 2.20. The highest BCUT2D eigenvalue weighted by atomic mass is 32.1. The Labute approximate surface area is 164 Å². The van der Waals surface area contributed by atoms with Crippen LogP contribution in [0.5, 0.6) is 0 Å². The lowest BCUT2D eigenvalue weighted by Crippen LogP contribution is -2.35. The van der Waals surface area contributed by atoms with E-state index < -0.39 is 6.10 Å². The molecule has 7 heteroatoms. The molecule has 2 aromatic heterocycles. The van der Waals surface area contributed by atoms with Gasteiger partial charge >= 0.3 is 0 Å². The lowest BCUT2D eigenvalue weighted by molar-refractivity contribution is 0.00738. The van der Waals surface area contributed by atoms with E-state index in [1.807, 2.05) is 6.92 Å². The molecule has 1 aliphatic rings. The molecule has 0 unspecified atom stereocenters. The Morgan fingerprint density at radius 3 is 2.81 bits per heavy atom. The number of rotatable bonds is 9. The molecule has 2 N–H and O–H groups in total. The highest BCUT2D eigenvalue weighted by Crippen LogP contribution is 2.33. The number of nitrogens with zero attached hydrogens (tertiary/aromatic N) is 2. The molecule has 1 atom stereocenters. The zero-order valence-corrected chi connectivity index (χ0v) is 17.4. The van der Waals surface area contributed by atoms with Crippen LogP contribution in [0.3, 0.4) is 0 Å². The van der Waals surface area contributed by atoms with Gasteiger partial charge in [-0.3, -0.25) is 9.69 Å². The zero-order valence-electron chi connectivity index (χ0n) is 16.6. The second-order valence-corrected chi connectivity index (χ2v) is 8.90. The first-order valence-electron chi connectivity index (χ1n) is 9.99. The summed E-state index contributed by atoms with van der Waals surface area (Å²) in [5, 5.41) is 11.0. The van der Waals surface area contributed by atoms with Crippen molar-refractivity contribution < 1.29 is 9.84 Å². The fourth-order valence-electron chi connectivity index (χ4n) is 3.59. The smallest absolute Gasteiger partial charge is 0.259 e. The van der Waals surface area contributed by atoms with Gasteiger partial charge in [-0.25, -0.2) is 4.98 Å². The minimum absolute atomic E-state index is 0.0220. The number of fused-ring (bicyclic) bond motifs is 3. The summed E-state index contributed by atoms with van der Waals surface area (Å²) in [5.41, 5.74) is 1.19. The van der Waals surface area contributed by atoms with E-state index in [0.717, 1.165) is 36.0 Å². The average Bonchev–Trinajstić information content (AvgIpc) is 2.99. The maximum atomic E-state index is 12.7. The molecule has 150 valence electrons. The van der Waals surface area contributed by atoms with Gasteiger partial charge in [0.05, 0.1) is 24.6 Å². The Kier molecular flexibility index (Phi) is 7.03. The lowest BCUT2D eigenvalue weighted by atomic mass is 9.97. The zero-order chi connectivity index (χ0) is 19.4. The van der Waals surface area contributed by atoms with Gasteiger partial charge in [0, 0.05) is 18.0 Å². The third kappa shape index (κ3) is 5.16. The molecule has 0 fully saturated rings. The van der Waals surface area contributed by atoms with E-state index in [-0.39, 0.29) is 5.56 Å². The van der Waals surface area contributed by atoms with Gasteiger partial charge < -0.3 is 14.8 Å². The Balaban J connectivity index is 1.68. The van der Waals surface area contributed by atoms with Crippen LogP contribution in [-0.2, 0) is 24.1 Å². The Hall–Kier alpha value is -1.28. The molecule has 1 aliphatic carbocycles. The van der Waals surface area contributed by atoms with Gasteiger partial charge in [0.2, 0.25) is 0 Å². The number of aromatic amines is 1. The monoisotopic (exact) mass is 393 g/mol. The van der Waals surface area contributed by atoms with E-state index >= 15 is 0 Å². The van der Waals surface area contributed by atoms with Gasteiger partial charge in [0.25, 0.3) is 5.56 Å². The molecule has 0 spiro atoms.